The first-order valence-corrected chi connectivity index (χ1v) is 9.81. The number of hydrogen-bond donors (Lipinski definition) is 1. The zero-order valence-corrected chi connectivity index (χ0v) is 16.4. The first-order chi connectivity index (χ1) is 14.0. The largest absolute Gasteiger partial charge is 0.496 e. The van der Waals surface area contributed by atoms with Crippen LogP contribution < -0.4 is 4.74 Å². The molecule has 3 fully saturated rings. The normalized spacial score (nSPS) is 36.7. The molecular weight excluding hydrogens is 368 g/mol. The van der Waals surface area contributed by atoms with Crippen molar-refractivity contribution in [1.82, 2.24) is 0 Å². The predicted octanol–water partition coefficient (Wildman–Crippen LogP) is 3.84. The minimum atomic E-state index is -1.94. The lowest BCUT2D eigenvalue weighted by molar-refractivity contribution is -0.299. The second-order valence-electron chi connectivity index (χ2n) is 8.04. The van der Waals surface area contributed by atoms with E-state index in [2.05, 4.69) is 25.1 Å². The van der Waals surface area contributed by atoms with Gasteiger partial charge in [-0.2, -0.15) is 15.8 Å². The van der Waals surface area contributed by atoms with Gasteiger partial charge >= 0.3 is 0 Å². The van der Waals surface area contributed by atoms with Crippen LogP contribution in [0.3, 0.4) is 0 Å². The van der Waals surface area contributed by atoms with Gasteiger partial charge in [-0.1, -0.05) is 31.5 Å². The van der Waals surface area contributed by atoms with Crippen LogP contribution in [0.1, 0.15) is 44.3 Å². The van der Waals surface area contributed by atoms with Gasteiger partial charge in [0.15, 0.2) is 5.41 Å². The Morgan fingerprint density at radius 3 is 2.55 bits per heavy atom. The topological polar surface area (TPSA) is 123 Å². The number of rotatable bonds is 3. The highest BCUT2D eigenvalue weighted by atomic mass is 16.7. The molecule has 7 heteroatoms. The van der Waals surface area contributed by atoms with Crippen LogP contribution in [-0.2, 0) is 9.47 Å². The van der Waals surface area contributed by atoms with E-state index < -0.39 is 28.6 Å². The van der Waals surface area contributed by atoms with E-state index in [1.165, 1.54) is 7.11 Å². The zero-order valence-electron chi connectivity index (χ0n) is 16.4. The lowest BCUT2D eigenvalue weighted by atomic mass is 9.50. The van der Waals surface area contributed by atoms with E-state index in [0.717, 1.165) is 12.8 Å². The second-order valence-corrected chi connectivity index (χ2v) is 8.04. The first kappa shape index (κ1) is 19.2. The molecule has 0 aromatic heterocycles. The monoisotopic (exact) mass is 390 g/mol. The molecule has 5 atom stereocenters. The molecule has 2 bridgehead atoms. The summed E-state index contributed by atoms with van der Waals surface area (Å²) in [5.41, 5.74) is -3.13. The van der Waals surface area contributed by atoms with Crippen molar-refractivity contribution in [3.63, 3.8) is 0 Å². The first-order valence-electron chi connectivity index (χ1n) is 9.81. The molecule has 0 radical (unpaired) electrons. The lowest BCUT2D eigenvalue weighted by Gasteiger charge is -2.52. The fraction of sp³-hybridized carbons (Fsp3) is 0.545. The van der Waals surface area contributed by atoms with Gasteiger partial charge in [0.1, 0.15) is 11.9 Å². The van der Waals surface area contributed by atoms with Gasteiger partial charge in [0, 0.05) is 12.0 Å². The minimum absolute atomic E-state index is 0.330. The van der Waals surface area contributed by atoms with Crippen LogP contribution in [-0.4, -0.2) is 18.8 Å². The molecule has 5 unspecified atom stereocenters. The Morgan fingerprint density at radius 2 is 1.93 bits per heavy atom. The number of methoxy groups -OCH3 is 1. The van der Waals surface area contributed by atoms with Crippen LogP contribution in [0.4, 0.5) is 0 Å². The number of nitriles is 3. The standard InChI is InChI=1S/C22H22N4O3/c1-3-14-8-9-22-17(10-14)21(13-25,19(26)29-22)20(11-23,12-24)18(28-22)15-6-4-5-7-16(15)27-2/h4-7,14,17-18,26H,3,8-10H2,1-2H3. The fourth-order valence-corrected chi connectivity index (χ4v) is 5.45. The van der Waals surface area contributed by atoms with E-state index in [1.807, 2.05) is 0 Å². The summed E-state index contributed by atoms with van der Waals surface area (Å²) in [5.74, 6) is -1.26. The van der Waals surface area contributed by atoms with E-state index in [1.54, 1.807) is 24.3 Å². The number of nitrogens with one attached hydrogen (secondary N) is 1. The summed E-state index contributed by atoms with van der Waals surface area (Å²) in [7, 11) is 1.50. The molecule has 0 amide bonds. The number of ether oxygens (including phenoxy) is 3. The van der Waals surface area contributed by atoms with Crippen LogP contribution in [0.5, 0.6) is 5.75 Å². The van der Waals surface area contributed by atoms with Crippen LogP contribution in [0.15, 0.2) is 24.3 Å². The second kappa shape index (κ2) is 6.48. The maximum atomic E-state index is 10.4. The van der Waals surface area contributed by atoms with Gasteiger partial charge in [0.25, 0.3) is 0 Å². The summed E-state index contributed by atoms with van der Waals surface area (Å²) >= 11 is 0. The lowest BCUT2D eigenvalue weighted by Crippen LogP contribution is -2.61. The van der Waals surface area contributed by atoms with Crippen molar-refractivity contribution in [2.24, 2.45) is 22.7 Å². The molecule has 4 rings (SSSR count). The maximum Gasteiger partial charge on any atom is 0.217 e. The Kier molecular flexibility index (Phi) is 4.30. The van der Waals surface area contributed by atoms with E-state index in [4.69, 9.17) is 19.6 Å². The molecule has 1 saturated carbocycles. The van der Waals surface area contributed by atoms with Gasteiger partial charge < -0.3 is 14.2 Å². The third-order valence-corrected chi connectivity index (χ3v) is 7.02. The third kappa shape index (κ3) is 2.16. The van der Waals surface area contributed by atoms with Gasteiger partial charge in [0.05, 0.1) is 31.2 Å². The van der Waals surface area contributed by atoms with Crippen molar-refractivity contribution in [1.29, 1.82) is 21.2 Å². The van der Waals surface area contributed by atoms with Gasteiger partial charge in [-0.3, -0.25) is 5.41 Å². The van der Waals surface area contributed by atoms with Crippen molar-refractivity contribution >= 4 is 5.90 Å². The molecule has 148 valence electrons. The average molecular weight is 390 g/mol. The van der Waals surface area contributed by atoms with Crippen LogP contribution in [0, 0.1) is 62.1 Å². The van der Waals surface area contributed by atoms with Gasteiger partial charge in [0.2, 0.25) is 17.1 Å². The molecule has 29 heavy (non-hydrogen) atoms. The number of nitrogens with zero attached hydrogens (tertiary/aromatic N) is 3. The smallest absolute Gasteiger partial charge is 0.217 e. The summed E-state index contributed by atoms with van der Waals surface area (Å²) in [6, 6.07) is 13.4. The summed E-state index contributed by atoms with van der Waals surface area (Å²) in [4.78, 5) is 0. The Bertz CT molecular complexity index is 973. The number of para-hydroxylation sites is 1. The summed E-state index contributed by atoms with van der Waals surface area (Å²) < 4.78 is 17.8. The Labute approximate surface area is 169 Å². The van der Waals surface area contributed by atoms with Crippen molar-refractivity contribution in [2.45, 2.75) is 44.5 Å². The number of hydrogen-bond acceptors (Lipinski definition) is 7. The Hall–Kier alpha value is -3.08. The fourth-order valence-electron chi connectivity index (χ4n) is 5.45. The highest BCUT2D eigenvalue weighted by Crippen LogP contribution is 2.70. The van der Waals surface area contributed by atoms with Gasteiger partial charge in [-0.15, -0.1) is 0 Å². The highest BCUT2D eigenvalue weighted by Gasteiger charge is 2.81. The molecule has 2 aliphatic heterocycles. The van der Waals surface area contributed by atoms with Crippen molar-refractivity contribution in [3.05, 3.63) is 29.8 Å². The van der Waals surface area contributed by atoms with Crippen LogP contribution >= 0.6 is 0 Å². The van der Waals surface area contributed by atoms with E-state index in [0.29, 0.717) is 30.1 Å². The molecular formula is C22H22N4O3. The van der Waals surface area contributed by atoms with Gasteiger partial charge in [-0.05, 0) is 24.8 Å². The third-order valence-electron chi connectivity index (χ3n) is 7.02. The molecule has 1 aromatic carbocycles. The van der Waals surface area contributed by atoms with Gasteiger partial charge in [-0.25, -0.2) is 0 Å². The molecule has 2 heterocycles. The average Bonchev–Trinajstić information content (AvgIpc) is 2.97. The maximum absolute atomic E-state index is 10.4. The molecule has 7 nitrogen and oxygen atoms in total. The summed E-state index contributed by atoms with van der Waals surface area (Å²) in [5, 5.41) is 39.5. The quantitative estimate of drug-likeness (QED) is 0.836. The Balaban J connectivity index is 1.99. The minimum Gasteiger partial charge on any atom is -0.496 e. The molecule has 1 N–H and O–H groups in total. The molecule has 0 spiro atoms. The summed E-state index contributed by atoms with van der Waals surface area (Å²) in [6.07, 6.45) is 1.78. The molecule has 3 aliphatic rings. The predicted molar refractivity (Wildman–Crippen MR) is 101 cm³/mol. The molecule has 2 saturated heterocycles. The van der Waals surface area contributed by atoms with Crippen molar-refractivity contribution in [2.75, 3.05) is 7.11 Å². The van der Waals surface area contributed by atoms with Crippen molar-refractivity contribution < 1.29 is 14.2 Å². The van der Waals surface area contributed by atoms with E-state index in [-0.39, 0.29) is 5.90 Å². The number of benzene rings is 1. The van der Waals surface area contributed by atoms with Crippen LogP contribution in [0.25, 0.3) is 0 Å². The van der Waals surface area contributed by atoms with E-state index in [9.17, 15) is 15.8 Å². The highest BCUT2D eigenvalue weighted by molar-refractivity contribution is 5.89. The molecule has 1 aliphatic carbocycles. The SMILES string of the molecule is CCC1CCC23OC(=N)C(C#N)(C2C1)C(C#N)(C#N)C(c1ccccc1OC)O3. The van der Waals surface area contributed by atoms with Crippen LogP contribution in [0.2, 0.25) is 0 Å². The summed E-state index contributed by atoms with van der Waals surface area (Å²) in [6.45, 7) is 2.08. The van der Waals surface area contributed by atoms with Crippen molar-refractivity contribution in [3.8, 4) is 24.0 Å². The molecule has 1 aromatic rings. The van der Waals surface area contributed by atoms with E-state index >= 15 is 0 Å². The zero-order chi connectivity index (χ0) is 20.9. The Morgan fingerprint density at radius 1 is 1.21 bits per heavy atom.